The molecule has 31 heavy (non-hydrogen) atoms. The van der Waals surface area contributed by atoms with Crippen molar-refractivity contribution in [2.24, 2.45) is 0 Å². The van der Waals surface area contributed by atoms with Crippen LogP contribution in [0.15, 0.2) is 71.2 Å². The van der Waals surface area contributed by atoms with E-state index >= 15 is 0 Å². The summed E-state index contributed by atoms with van der Waals surface area (Å²) >= 11 is 3.46. The zero-order chi connectivity index (χ0) is 21.5. The maximum atomic E-state index is 13.6. The van der Waals surface area contributed by atoms with E-state index in [1.54, 1.807) is 53.4 Å². The fraction of sp³-hybridized carbons (Fsp3) is 0.167. The molecule has 1 N–H and O–H groups in total. The molecule has 2 aliphatic rings. The number of amides is 1. The summed E-state index contributed by atoms with van der Waals surface area (Å²) in [5, 5.41) is 10.3. The van der Waals surface area contributed by atoms with E-state index in [0.29, 0.717) is 47.1 Å². The summed E-state index contributed by atoms with van der Waals surface area (Å²) < 4.78 is 12.1. The number of benzene rings is 3. The minimum absolute atomic E-state index is 0.244. The van der Waals surface area contributed by atoms with Crippen LogP contribution in [0.1, 0.15) is 33.4 Å². The molecular weight excluding hydrogens is 462 g/mol. The molecule has 0 aliphatic carbocycles. The Balaban J connectivity index is 1.74. The van der Waals surface area contributed by atoms with Crippen LogP contribution in [-0.4, -0.2) is 30.2 Å². The van der Waals surface area contributed by atoms with Gasteiger partial charge in [0.2, 0.25) is 0 Å². The third kappa shape index (κ3) is 3.35. The SMILES string of the molecule is O=C(O)[C@@H]1c2ccccc2C(=O)N(c2cccc(Br)c2)[C@H]1c1ccc2c(c1)OCCO2. The average Bonchev–Trinajstić information content (AvgIpc) is 2.78. The lowest BCUT2D eigenvalue weighted by molar-refractivity contribution is -0.139. The lowest BCUT2D eigenvalue weighted by Crippen LogP contribution is -2.45. The van der Waals surface area contributed by atoms with E-state index in [9.17, 15) is 14.7 Å². The molecule has 2 atom stereocenters. The molecule has 0 unspecified atom stereocenters. The molecule has 0 bridgehead atoms. The van der Waals surface area contributed by atoms with Gasteiger partial charge >= 0.3 is 5.97 Å². The fourth-order valence-electron chi connectivity index (χ4n) is 4.30. The van der Waals surface area contributed by atoms with Crippen molar-refractivity contribution in [3.8, 4) is 11.5 Å². The minimum Gasteiger partial charge on any atom is -0.486 e. The second-order valence-corrected chi connectivity index (χ2v) is 8.32. The largest absolute Gasteiger partial charge is 0.486 e. The standard InChI is InChI=1S/C24H18BrNO5/c25-15-4-3-5-16(13-15)26-22(14-8-9-19-20(12-14)31-11-10-30-19)21(24(28)29)17-6-1-2-7-18(17)23(26)27/h1-9,12-13,21-22H,10-11H2,(H,28,29)/t21-,22+/m1/s1. The number of ether oxygens (including phenoxy) is 2. The van der Waals surface area contributed by atoms with E-state index in [2.05, 4.69) is 15.9 Å². The highest BCUT2D eigenvalue weighted by Gasteiger charge is 2.45. The summed E-state index contributed by atoms with van der Waals surface area (Å²) in [5.41, 5.74) is 2.18. The van der Waals surface area contributed by atoms with Crippen LogP contribution in [0.3, 0.4) is 0 Å². The topological polar surface area (TPSA) is 76.1 Å². The molecule has 5 rings (SSSR count). The molecule has 0 radical (unpaired) electrons. The number of hydrogen-bond acceptors (Lipinski definition) is 4. The predicted molar refractivity (Wildman–Crippen MR) is 118 cm³/mol. The van der Waals surface area contributed by atoms with Crippen LogP contribution in [0.2, 0.25) is 0 Å². The van der Waals surface area contributed by atoms with Crippen molar-refractivity contribution in [1.29, 1.82) is 0 Å². The van der Waals surface area contributed by atoms with E-state index in [0.717, 1.165) is 4.47 Å². The van der Waals surface area contributed by atoms with Gasteiger partial charge in [0, 0.05) is 15.7 Å². The van der Waals surface area contributed by atoms with Crippen LogP contribution in [0.4, 0.5) is 5.69 Å². The van der Waals surface area contributed by atoms with E-state index in [1.165, 1.54) is 0 Å². The van der Waals surface area contributed by atoms with Crippen molar-refractivity contribution in [3.05, 3.63) is 87.9 Å². The molecule has 0 saturated carbocycles. The third-order valence-electron chi connectivity index (χ3n) is 5.60. The van der Waals surface area contributed by atoms with Gasteiger partial charge in [-0.3, -0.25) is 14.5 Å². The molecule has 3 aromatic rings. The number of fused-ring (bicyclic) bond motifs is 2. The number of carboxylic acids is 1. The number of aliphatic carboxylic acids is 1. The first-order valence-electron chi connectivity index (χ1n) is 9.85. The Hall–Kier alpha value is -3.32. The minimum atomic E-state index is -1.00. The highest BCUT2D eigenvalue weighted by molar-refractivity contribution is 9.10. The zero-order valence-corrected chi connectivity index (χ0v) is 17.9. The van der Waals surface area contributed by atoms with Gasteiger partial charge in [-0.05, 0) is 47.5 Å². The van der Waals surface area contributed by atoms with Crippen LogP contribution in [0, 0.1) is 0 Å². The van der Waals surface area contributed by atoms with E-state index in [-0.39, 0.29) is 5.91 Å². The smallest absolute Gasteiger partial charge is 0.313 e. The van der Waals surface area contributed by atoms with Gasteiger partial charge < -0.3 is 14.6 Å². The molecule has 0 aromatic heterocycles. The summed E-state index contributed by atoms with van der Waals surface area (Å²) in [7, 11) is 0. The number of rotatable bonds is 3. The van der Waals surface area contributed by atoms with Gasteiger partial charge in [0.1, 0.15) is 19.1 Å². The Kier molecular flexibility index (Phi) is 4.90. The van der Waals surface area contributed by atoms with Crippen molar-refractivity contribution >= 4 is 33.5 Å². The van der Waals surface area contributed by atoms with Crippen LogP contribution in [-0.2, 0) is 4.79 Å². The highest BCUT2D eigenvalue weighted by Crippen LogP contribution is 2.47. The van der Waals surface area contributed by atoms with Crippen LogP contribution >= 0.6 is 15.9 Å². The van der Waals surface area contributed by atoms with Gasteiger partial charge in [0.25, 0.3) is 5.91 Å². The highest BCUT2D eigenvalue weighted by atomic mass is 79.9. The molecular formula is C24H18BrNO5. The molecule has 0 saturated heterocycles. The molecule has 2 heterocycles. The van der Waals surface area contributed by atoms with Crippen molar-refractivity contribution in [2.45, 2.75) is 12.0 Å². The molecule has 7 heteroatoms. The van der Waals surface area contributed by atoms with Crippen molar-refractivity contribution in [3.63, 3.8) is 0 Å². The van der Waals surface area contributed by atoms with Gasteiger partial charge in [-0.2, -0.15) is 0 Å². The van der Waals surface area contributed by atoms with Crippen molar-refractivity contribution in [2.75, 3.05) is 18.1 Å². The predicted octanol–water partition coefficient (Wildman–Crippen LogP) is 4.79. The summed E-state index contributed by atoms with van der Waals surface area (Å²) in [6, 6.07) is 18.8. The number of halogens is 1. The van der Waals surface area contributed by atoms with Crippen molar-refractivity contribution in [1.82, 2.24) is 0 Å². The molecule has 1 amide bonds. The Bertz CT molecular complexity index is 1190. The maximum Gasteiger partial charge on any atom is 0.313 e. The van der Waals surface area contributed by atoms with Crippen LogP contribution in [0.5, 0.6) is 11.5 Å². The Morgan fingerprint density at radius 2 is 1.74 bits per heavy atom. The molecule has 6 nitrogen and oxygen atoms in total. The quantitative estimate of drug-likeness (QED) is 0.584. The maximum absolute atomic E-state index is 13.6. The van der Waals surface area contributed by atoms with Gasteiger partial charge in [0.05, 0.1) is 6.04 Å². The lowest BCUT2D eigenvalue weighted by Gasteiger charge is -2.41. The first-order chi connectivity index (χ1) is 15.0. The molecule has 0 fully saturated rings. The van der Waals surface area contributed by atoms with Crippen LogP contribution in [0.25, 0.3) is 0 Å². The number of anilines is 1. The normalized spacial score (nSPS) is 19.6. The number of nitrogens with zero attached hydrogens (tertiary/aromatic N) is 1. The fourth-order valence-corrected chi connectivity index (χ4v) is 4.68. The number of carboxylic acid groups (broad SMARTS) is 1. The summed E-state index contributed by atoms with van der Waals surface area (Å²) in [4.78, 5) is 27.7. The second-order valence-electron chi connectivity index (χ2n) is 7.41. The first kappa shape index (κ1) is 19.6. The second kappa shape index (κ2) is 7.74. The van der Waals surface area contributed by atoms with Gasteiger partial charge in [-0.1, -0.05) is 46.3 Å². The zero-order valence-electron chi connectivity index (χ0n) is 16.3. The number of carbonyl (C=O) groups is 2. The monoisotopic (exact) mass is 479 g/mol. The van der Waals surface area contributed by atoms with E-state index in [4.69, 9.17) is 9.47 Å². The van der Waals surface area contributed by atoms with Gasteiger partial charge in [-0.25, -0.2) is 0 Å². The third-order valence-corrected chi connectivity index (χ3v) is 6.09. The number of carbonyl (C=O) groups excluding carboxylic acids is 1. The molecule has 3 aromatic carbocycles. The Morgan fingerprint density at radius 3 is 2.52 bits per heavy atom. The van der Waals surface area contributed by atoms with Crippen LogP contribution < -0.4 is 14.4 Å². The summed E-state index contributed by atoms with van der Waals surface area (Å²) in [5.74, 6) is -1.03. The first-order valence-corrected chi connectivity index (χ1v) is 10.6. The number of hydrogen-bond donors (Lipinski definition) is 1. The van der Waals surface area contributed by atoms with E-state index < -0.39 is 17.9 Å². The average molecular weight is 480 g/mol. The van der Waals surface area contributed by atoms with E-state index in [1.807, 2.05) is 18.2 Å². The van der Waals surface area contributed by atoms with Gasteiger partial charge in [0.15, 0.2) is 11.5 Å². The molecule has 156 valence electrons. The van der Waals surface area contributed by atoms with Crippen molar-refractivity contribution < 1.29 is 24.2 Å². The lowest BCUT2D eigenvalue weighted by atomic mass is 9.79. The molecule has 2 aliphatic heterocycles. The van der Waals surface area contributed by atoms with Gasteiger partial charge in [-0.15, -0.1) is 0 Å². The Morgan fingerprint density at radius 1 is 0.968 bits per heavy atom. The molecule has 0 spiro atoms. The Labute approximate surface area is 187 Å². The summed E-state index contributed by atoms with van der Waals surface area (Å²) in [6.45, 7) is 0.879. The summed E-state index contributed by atoms with van der Waals surface area (Å²) in [6.07, 6.45) is 0.